The lowest BCUT2D eigenvalue weighted by atomic mass is 9.92. The van der Waals surface area contributed by atoms with Gasteiger partial charge in [-0.2, -0.15) is 5.10 Å². The molecule has 9 nitrogen and oxygen atoms in total. The summed E-state index contributed by atoms with van der Waals surface area (Å²) in [5.41, 5.74) is 5.67. The van der Waals surface area contributed by atoms with Gasteiger partial charge in [-0.25, -0.2) is 4.98 Å². The van der Waals surface area contributed by atoms with Gasteiger partial charge in [-0.05, 0) is 36.6 Å². The third kappa shape index (κ3) is 4.21. The molecule has 0 radical (unpaired) electrons. The number of rotatable bonds is 5. The van der Waals surface area contributed by atoms with Gasteiger partial charge >= 0.3 is 0 Å². The quantitative estimate of drug-likeness (QED) is 0.335. The third-order valence-electron chi connectivity index (χ3n) is 7.17. The van der Waals surface area contributed by atoms with E-state index in [-0.39, 0.29) is 11.9 Å². The van der Waals surface area contributed by atoms with E-state index in [1.165, 1.54) is 0 Å². The summed E-state index contributed by atoms with van der Waals surface area (Å²) in [4.78, 5) is 25.4. The van der Waals surface area contributed by atoms with Gasteiger partial charge in [0.05, 0.1) is 49.1 Å². The molecular weight excluding hydrogens is 468 g/mol. The topological polar surface area (TPSA) is 118 Å². The van der Waals surface area contributed by atoms with Crippen molar-refractivity contribution in [3.05, 3.63) is 60.7 Å². The van der Waals surface area contributed by atoms with Crippen LogP contribution < -0.4 is 10.1 Å². The molecule has 1 aromatic carbocycles. The number of aromatic nitrogens is 5. The van der Waals surface area contributed by atoms with Crippen LogP contribution in [0.5, 0.6) is 5.75 Å². The molecule has 37 heavy (non-hydrogen) atoms. The van der Waals surface area contributed by atoms with Crippen molar-refractivity contribution in [3.8, 4) is 28.1 Å². The van der Waals surface area contributed by atoms with Gasteiger partial charge in [-0.1, -0.05) is 25.0 Å². The number of aromatic amines is 1. The first-order chi connectivity index (χ1) is 18.0. The smallest absolute Gasteiger partial charge is 0.251 e. The number of fused-ring (bicyclic) bond motifs is 3. The van der Waals surface area contributed by atoms with E-state index in [0.29, 0.717) is 11.3 Å². The largest absolute Gasteiger partial charge is 0.494 e. The zero-order valence-corrected chi connectivity index (χ0v) is 20.7. The SMILES string of the molecule is COc1cnc2[nH]c3cnc(-c4cnn(C)c4)cc3c2c1-c1ccc(C(=O)N[C@H]2CCCC[C@@H]2O)cc1. The molecule has 9 heteroatoms. The second kappa shape index (κ2) is 9.33. The normalized spacial score (nSPS) is 17.8. The number of methoxy groups -OCH3 is 1. The lowest BCUT2D eigenvalue weighted by molar-refractivity contribution is 0.0717. The second-order valence-electron chi connectivity index (χ2n) is 9.58. The molecule has 3 N–H and O–H groups in total. The Labute approximate surface area is 213 Å². The number of amides is 1. The number of aryl methyl sites for hydroxylation is 1. The molecule has 0 saturated heterocycles. The van der Waals surface area contributed by atoms with Crippen LogP contribution >= 0.6 is 0 Å². The Morgan fingerprint density at radius 2 is 1.92 bits per heavy atom. The zero-order chi connectivity index (χ0) is 25.5. The predicted molar refractivity (Wildman–Crippen MR) is 141 cm³/mol. The van der Waals surface area contributed by atoms with Gasteiger partial charge in [-0.3, -0.25) is 14.5 Å². The second-order valence-corrected chi connectivity index (χ2v) is 9.58. The Bertz CT molecular complexity index is 1600. The van der Waals surface area contributed by atoms with E-state index in [1.54, 1.807) is 24.2 Å². The Kier molecular flexibility index (Phi) is 5.84. The van der Waals surface area contributed by atoms with Gasteiger partial charge in [0.1, 0.15) is 11.4 Å². The van der Waals surface area contributed by atoms with Crippen LogP contribution in [-0.4, -0.2) is 55.0 Å². The fraction of sp³-hybridized carbons (Fsp3) is 0.286. The van der Waals surface area contributed by atoms with E-state index in [0.717, 1.165) is 70.0 Å². The summed E-state index contributed by atoms with van der Waals surface area (Å²) >= 11 is 0. The van der Waals surface area contributed by atoms with Crippen molar-refractivity contribution in [1.29, 1.82) is 0 Å². The van der Waals surface area contributed by atoms with E-state index in [1.807, 2.05) is 49.8 Å². The van der Waals surface area contributed by atoms with Crippen LogP contribution in [0.25, 0.3) is 44.3 Å². The molecule has 6 rings (SSSR count). The van der Waals surface area contributed by atoms with Crippen LogP contribution in [0.1, 0.15) is 36.0 Å². The highest BCUT2D eigenvalue weighted by Crippen LogP contribution is 2.40. The van der Waals surface area contributed by atoms with E-state index in [9.17, 15) is 9.90 Å². The van der Waals surface area contributed by atoms with Crippen LogP contribution in [0.4, 0.5) is 0 Å². The molecule has 0 unspecified atom stereocenters. The minimum atomic E-state index is -0.487. The molecule has 5 aromatic rings. The summed E-state index contributed by atoms with van der Waals surface area (Å²) in [5, 5.41) is 19.4. The number of carbonyl (C=O) groups excluding carboxylic acids is 1. The minimum absolute atomic E-state index is 0.177. The summed E-state index contributed by atoms with van der Waals surface area (Å²) in [6.45, 7) is 0. The molecule has 1 aliphatic rings. The average molecular weight is 497 g/mol. The first kappa shape index (κ1) is 23.2. The number of pyridine rings is 2. The number of nitrogens with zero attached hydrogens (tertiary/aromatic N) is 4. The summed E-state index contributed by atoms with van der Waals surface area (Å²) in [6.07, 6.45) is 10.3. The highest BCUT2D eigenvalue weighted by Gasteiger charge is 2.25. The average Bonchev–Trinajstić information content (AvgIpc) is 3.52. The van der Waals surface area contributed by atoms with E-state index in [4.69, 9.17) is 4.74 Å². The number of nitrogens with one attached hydrogen (secondary N) is 2. The number of hydrogen-bond acceptors (Lipinski definition) is 6. The molecule has 1 amide bonds. The number of H-pyrrole nitrogens is 1. The number of aliphatic hydroxyl groups is 1. The molecule has 0 bridgehead atoms. The Balaban J connectivity index is 1.41. The van der Waals surface area contributed by atoms with Gasteiger partial charge in [0.2, 0.25) is 0 Å². The molecule has 1 saturated carbocycles. The van der Waals surface area contributed by atoms with Crippen molar-refractivity contribution in [2.75, 3.05) is 7.11 Å². The first-order valence-electron chi connectivity index (χ1n) is 12.4. The van der Waals surface area contributed by atoms with Gasteiger partial charge in [0.15, 0.2) is 0 Å². The number of aliphatic hydroxyl groups excluding tert-OH is 1. The fourth-order valence-corrected chi connectivity index (χ4v) is 5.21. The molecule has 1 aliphatic carbocycles. The molecule has 1 fully saturated rings. The minimum Gasteiger partial charge on any atom is -0.494 e. The third-order valence-corrected chi connectivity index (χ3v) is 7.17. The lowest BCUT2D eigenvalue weighted by Gasteiger charge is -2.28. The van der Waals surface area contributed by atoms with Crippen molar-refractivity contribution < 1.29 is 14.6 Å². The highest BCUT2D eigenvalue weighted by molar-refractivity contribution is 6.14. The fourth-order valence-electron chi connectivity index (χ4n) is 5.21. The summed E-state index contributed by atoms with van der Waals surface area (Å²) < 4.78 is 7.47. The van der Waals surface area contributed by atoms with Crippen LogP contribution in [0.2, 0.25) is 0 Å². The van der Waals surface area contributed by atoms with Crippen LogP contribution in [0.15, 0.2) is 55.1 Å². The summed E-state index contributed by atoms with van der Waals surface area (Å²) in [7, 11) is 3.50. The monoisotopic (exact) mass is 496 g/mol. The molecule has 0 spiro atoms. The van der Waals surface area contributed by atoms with E-state index < -0.39 is 6.10 Å². The Morgan fingerprint density at radius 1 is 1.11 bits per heavy atom. The van der Waals surface area contributed by atoms with Gasteiger partial charge in [-0.15, -0.1) is 0 Å². The standard InChI is InChI=1S/C28H28N6O3/c1-34-15-18(12-31-34)21-11-19-22(13-29-21)32-27-26(19)25(24(37-2)14-30-27)16-7-9-17(10-8-16)28(36)33-20-5-3-4-6-23(20)35/h7-15,20,23,35H,3-6H2,1-2H3,(H,30,32)(H,33,36)/t20-,23-/m0/s1. The zero-order valence-electron chi connectivity index (χ0n) is 20.7. The van der Waals surface area contributed by atoms with Crippen molar-refractivity contribution in [2.45, 2.75) is 37.8 Å². The maximum Gasteiger partial charge on any atom is 0.251 e. The van der Waals surface area contributed by atoms with Gasteiger partial charge in [0.25, 0.3) is 5.91 Å². The van der Waals surface area contributed by atoms with Crippen molar-refractivity contribution in [2.24, 2.45) is 7.05 Å². The molecule has 4 aromatic heterocycles. The highest BCUT2D eigenvalue weighted by atomic mass is 16.5. The molecule has 4 heterocycles. The van der Waals surface area contributed by atoms with Crippen molar-refractivity contribution in [1.82, 2.24) is 30.0 Å². The van der Waals surface area contributed by atoms with Gasteiger partial charge in [0, 0.05) is 40.7 Å². The molecule has 0 aliphatic heterocycles. The molecule has 2 atom stereocenters. The predicted octanol–water partition coefficient (Wildman–Crippen LogP) is 4.22. The summed E-state index contributed by atoms with van der Waals surface area (Å²) in [6, 6.07) is 9.30. The van der Waals surface area contributed by atoms with E-state index in [2.05, 4.69) is 25.4 Å². The van der Waals surface area contributed by atoms with E-state index >= 15 is 0 Å². The Morgan fingerprint density at radius 3 is 2.65 bits per heavy atom. The number of carbonyl (C=O) groups is 1. The number of hydrogen-bond donors (Lipinski definition) is 3. The maximum atomic E-state index is 12.9. The lowest BCUT2D eigenvalue weighted by Crippen LogP contribution is -2.45. The first-order valence-corrected chi connectivity index (χ1v) is 12.4. The van der Waals surface area contributed by atoms with Crippen LogP contribution in [0.3, 0.4) is 0 Å². The maximum absolute atomic E-state index is 12.9. The number of ether oxygens (including phenoxy) is 1. The Hall–Kier alpha value is -4.24. The van der Waals surface area contributed by atoms with Gasteiger partial charge < -0.3 is 20.1 Å². The molecule has 188 valence electrons. The van der Waals surface area contributed by atoms with Crippen LogP contribution in [0, 0.1) is 0 Å². The van der Waals surface area contributed by atoms with Crippen LogP contribution in [-0.2, 0) is 7.05 Å². The molecular formula is C28H28N6O3. The van der Waals surface area contributed by atoms with Crippen molar-refractivity contribution >= 4 is 27.8 Å². The summed E-state index contributed by atoms with van der Waals surface area (Å²) in [5.74, 6) is 0.458. The number of benzene rings is 1. The van der Waals surface area contributed by atoms with Crippen molar-refractivity contribution in [3.63, 3.8) is 0 Å².